The number of amides is 1. The largest absolute Gasteiger partial charge is 0.496 e. The van der Waals surface area contributed by atoms with Gasteiger partial charge in [0.25, 0.3) is 0 Å². The predicted molar refractivity (Wildman–Crippen MR) is 90.6 cm³/mol. The average molecular weight is 432 g/mol. The van der Waals surface area contributed by atoms with E-state index < -0.39 is 11.9 Å². The maximum atomic E-state index is 12.3. The fraction of sp³-hybridized carbons (Fsp3) is 0.0667. The van der Waals surface area contributed by atoms with E-state index in [1.165, 1.54) is 25.3 Å². The first-order valence-electron chi connectivity index (χ1n) is 6.07. The van der Waals surface area contributed by atoms with E-state index in [4.69, 9.17) is 26.8 Å². The number of ether oxygens (including phenoxy) is 2. The number of methoxy groups -OCH3 is 1. The Morgan fingerprint density at radius 3 is 2.59 bits per heavy atom. The highest BCUT2D eigenvalue weighted by Crippen LogP contribution is 2.29. The molecule has 0 saturated heterocycles. The molecule has 2 aromatic carbocycles. The minimum atomic E-state index is -0.642. The number of halogens is 2. The van der Waals surface area contributed by atoms with Gasteiger partial charge in [-0.3, -0.25) is 4.79 Å². The fourth-order valence-corrected chi connectivity index (χ4v) is 2.33. The fourth-order valence-electron chi connectivity index (χ4n) is 1.73. The monoisotopic (exact) mass is 431 g/mol. The summed E-state index contributed by atoms with van der Waals surface area (Å²) in [6.45, 7) is 0. The third kappa shape index (κ3) is 3.69. The van der Waals surface area contributed by atoms with Crippen LogP contribution < -0.4 is 15.2 Å². The molecule has 22 heavy (non-hydrogen) atoms. The van der Waals surface area contributed by atoms with Gasteiger partial charge in [0.05, 0.1) is 12.1 Å². The summed E-state index contributed by atoms with van der Waals surface area (Å²) in [6, 6.07) is 9.15. The minimum Gasteiger partial charge on any atom is -0.496 e. The summed E-state index contributed by atoms with van der Waals surface area (Å²) < 4.78 is 11.2. The number of rotatable bonds is 4. The van der Waals surface area contributed by atoms with Crippen molar-refractivity contribution in [2.45, 2.75) is 0 Å². The van der Waals surface area contributed by atoms with Gasteiger partial charge in [0.2, 0.25) is 5.91 Å². The summed E-state index contributed by atoms with van der Waals surface area (Å²) in [5.41, 5.74) is 5.63. The third-order valence-electron chi connectivity index (χ3n) is 2.79. The first-order valence-corrected chi connectivity index (χ1v) is 7.53. The molecule has 7 heteroatoms. The number of nitrogens with two attached hydrogens (primary N) is 1. The first kappa shape index (κ1) is 16.6. The molecule has 0 aliphatic carbocycles. The number of esters is 1. The van der Waals surface area contributed by atoms with E-state index in [1.807, 2.05) is 22.6 Å². The molecule has 0 aromatic heterocycles. The molecular formula is C15H11ClINO4. The zero-order chi connectivity index (χ0) is 16.3. The van der Waals surface area contributed by atoms with Crippen LogP contribution in [0.3, 0.4) is 0 Å². The Bertz CT molecular complexity index is 748. The maximum absolute atomic E-state index is 12.3. The molecule has 0 atom stereocenters. The molecule has 2 N–H and O–H groups in total. The van der Waals surface area contributed by atoms with Crippen molar-refractivity contribution in [1.82, 2.24) is 0 Å². The van der Waals surface area contributed by atoms with Gasteiger partial charge in [-0.25, -0.2) is 4.79 Å². The van der Waals surface area contributed by atoms with Gasteiger partial charge in [0.15, 0.2) is 0 Å². The van der Waals surface area contributed by atoms with Crippen molar-refractivity contribution in [2.75, 3.05) is 7.11 Å². The second kappa shape index (κ2) is 6.97. The highest BCUT2D eigenvalue weighted by Gasteiger charge is 2.17. The maximum Gasteiger partial charge on any atom is 0.347 e. The van der Waals surface area contributed by atoms with Crippen molar-refractivity contribution < 1.29 is 19.1 Å². The Morgan fingerprint density at radius 2 is 1.95 bits per heavy atom. The van der Waals surface area contributed by atoms with Gasteiger partial charge >= 0.3 is 5.97 Å². The van der Waals surface area contributed by atoms with Crippen LogP contribution >= 0.6 is 34.2 Å². The van der Waals surface area contributed by atoms with Crippen molar-refractivity contribution >= 4 is 46.1 Å². The van der Waals surface area contributed by atoms with E-state index in [-0.39, 0.29) is 16.9 Å². The Labute approximate surface area is 145 Å². The summed E-state index contributed by atoms with van der Waals surface area (Å²) >= 11 is 8.06. The number of hydrogen-bond acceptors (Lipinski definition) is 4. The lowest BCUT2D eigenvalue weighted by atomic mass is 10.2. The Hall–Kier alpha value is -1.80. The van der Waals surface area contributed by atoms with E-state index >= 15 is 0 Å². The topological polar surface area (TPSA) is 78.6 Å². The van der Waals surface area contributed by atoms with E-state index in [1.54, 1.807) is 18.2 Å². The van der Waals surface area contributed by atoms with Crippen LogP contribution in [0.5, 0.6) is 11.5 Å². The SMILES string of the molecule is COc1cc(I)c(Cl)cc1C(=O)Oc1cccc(C(N)=O)c1. The van der Waals surface area contributed by atoms with Crippen LogP contribution in [0, 0.1) is 3.57 Å². The van der Waals surface area contributed by atoms with Crippen LogP contribution in [0.4, 0.5) is 0 Å². The normalized spacial score (nSPS) is 10.1. The lowest BCUT2D eigenvalue weighted by molar-refractivity contribution is 0.0730. The smallest absolute Gasteiger partial charge is 0.347 e. The molecular weight excluding hydrogens is 421 g/mol. The average Bonchev–Trinajstić information content (AvgIpc) is 2.49. The molecule has 0 heterocycles. The van der Waals surface area contributed by atoms with Gasteiger partial charge < -0.3 is 15.2 Å². The van der Waals surface area contributed by atoms with E-state index in [2.05, 4.69) is 0 Å². The summed E-state index contributed by atoms with van der Waals surface area (Å²) in [4.78, 5) is 23.4. The zero-order valence-corrected chi connectivity index (χ0v) is 14.3. The molecule has 0 fully saturated rings. The molecule has 5 nitrogen and oxygen atoms in total. The van der Waals surface area contributed by atoms with Crippen LogP contribution in [0.1, 0.15) is 20.7 Å². The number of primary amides is 1. The zero-order valence-electron chi connectivity index (χ0n) is 11.4. The summed E-state index contributed by atoms with van der Waals surface area (Å²) in [6.07, 6.45) is 0. The van der Waals surface area contributed by atoms with Gasteiger partial charge in [-0.2, -0.15) is 0 Å². The number of hydrogen-bond donors (Lipinski definition) is 1. The second-order valence-corrected chi connectivity index (χ2v) is 5.82. The highest BCUT2D eigenvalue weighted by molar-refractivity contribution is 14.1. The first-order chi connectivity index (χ1) is 10.4. The standard InChI is InChI=1S/C15H11ClINO4/c1-21-13-7-12(17)11(16)6-10(13)15(20)22-9-4-2-3-8(5-9)14(18)19/h2-7H,1H3,(H2,18,19). The Morgan fingerprint density at radius 1 is 1.23 bits per heavy atom. The summed E-state index contributed by atoms with van der Waals surface area (Å²) in [5, 5.41) is 0.416. The van der Waals surface area contributed by atoms with Crippen LogP contribution in [0.2, 0.25) is 5.02 Å². The lowest BCUT2D eigenvalue weighted by Crippen LogP contribution is -2.13. The Balaban J connectivity index is 2.31. The molecule has 0 radical (unpaired) electrons. The van der Waals surface area contributed by atoms with Crippen molar-refractivity contribution in [3.8, 4) is 11.5 Å². The van der Waals surface area contributed by atoms with Gasteiger partial charge in [0, 0.05) is 9.13 Å². The molecule has 1 amide bonds. The van der Waals surface area contributed by atoms with Gasteiger partial charge in [0.1, 0.15) is 17.1 Å². The predicted octanol–water partition coefficient (Wildman–Crippen LogP) is 3.27. The lowest BCUT2D eigenvalue weighted by Gasteiger charge is -2.10. The molecule has 0 saturated carbocycles. The highest BCUT2D eigenvalue weighted by atomic mass is 127. The van der Waals surface area contributed by atoms with E-state index in [0.717, 1.165) is 3.57 Å². The number of carbonyl (C=O) groups is 2. The molecule has 2 rings (SSSR count). The molecule has 2 aromatic rings. The number of carbonyl (C=O) groups excluding carboxylic acids is 2. The van der Waals surface area contributed by atoms with E-state index in [9.17, 15) is 9.59 Å². The van der Waals surface area contributed by atoms with Gasteiger partial charge in [-0.1, -0.05) is 17.7 Å². The van der Waals surface area contributed by atoms with Crippen LogP contribution in [0.25, 0.3) is 0 Å². The van der Waals surface area contributed by atoms with Crippen molar-refractivity contribution in [3.63, 3.8) is 0 Å². The Kier molecular flexibility index (Phi) is 5.25. The minimum absolute atomic E-state index is 0.192. The van der Waals surface area contributed by atoms with Gasteiger partial charge in [-0.15, -0.1) is 0 Å². The van der Waals surface area contributed by atoms with Crippen LogP contribution in [0.15, 0.2) is 36.4 Å². The molecule has 0 unspecified atom stereocenters. The summed E-state index contributed by atoms with van der Waals surface area (Å²) in [5.74, 6) is -0.688. The number of benzene rings is 2. The molecule has 0 aliphatic heterocycles. The van der Waals surface area contributed by atoms with Gasteiger partial charge in [-0.05, 0) is 52.9 Å². The van der Waals surface area contributed by atoms with Crippen LogP contribution in [-0.2, 0) is 0 Å². The molecule has 0 aliphatic rings. The van der Waals surface area contributed by atoms with Crippen LogP contribution in [-0.4, -0.2) is 19.0 Å². The van der Waals surface area contributed by atoms with Crippen molar-refractivity contribution in [3.05, 3.63) is 56.1 Å². The molecule has 0 bridgehead atoms. The third-order valence-corrected chi connectivity index (χ3v) is 4.32. The second-order valence-electron chi connectivity index (χ2n) is 4.25. The molecule has 0 spiro atoms. The summed E-state index contributed by atoms with van der Waals surface area (Å²) in [7, 11) is 1.45. The van der Waals surface area contributed by atoms with E-state index in [0.29, 0.717) is 10.8 Å². The van der Waals surface area contributed by atoms with Crippen molar-refractivity contribution in [2.24, 2.45) is 5.73 Å². The quantitative estimate of drug-likeness (QED) is 0.458. The van der Waals surface area contributed by atoms with Crippen molar-refractivity contribution in [1.29, 1.82) is 0 Å². The molecule has 114 valence electrons.